The predicted molar refractivity (Wildman–Crippen MR) is 88.6 cm³/mol. The molecule has 0 heterocycles. The fraction of sp³-hybridized carbons (Fsp3) is 0.250. The molecule has 1 atom stereocenters. The minimum Gasteiger partial charge on any atom is -0.746 e. The van der Waals surface area contributed by atoms with Crippen molar-refractivity contribution < 1.29 is 57.2 Å². The summed E-state index contributed by atoms with van der Waals surface area (Å²) >= 11 is 0. The van der Waals surface area contributed by atoms with Gasteiger partial charge in [0.25, 0.3) is 5.91 Å². The van der Waals surface area contributed by atoms with Gasteiger partial charge in [0.15, 0.2) is 0 Å². The number of rotatable bonds is 7. The number of aliphatic carboxylic acids is 1. The fourth-order valence-electron chi connectivity index (χ4n) is 1.99. The molecule has 0 bridgehead atoms. The molecule has 1 amide bonds. The van der Waals surface area contributed by atoms with Crippen molar-refractivity contribution in [3.8, 4) is 0 Å². The molecule has 0 aromatic heterocycles. The van der Waals surface area contributed by atoms with E-state index in [0.29, 0.717) is 11.1 Å². The normalized spacial score (nSPS) is 12.5. The third-order valence-corrected chi connectivity index (χ3v) is 4.44. The maximum Gasteiger partial charge on any atom is 1.00 e. The minimum atomic E-state index is -4.72. The van der Waals surface area contributed by atoms with E-state index < -0.39 is 33.3 Å². The van der Waals surface area contributed by atoms with Crippen molar-refractivity contribution in [2.45, 2.75) is 19.2 Å². The summed E-state index contributed by atoms with van der Waals surface area (Å²) in [5, 5.41) is 9.28. The Morgan fingerprint density at radius 2 is 1.84 bits per heavy atom. The van der Waals surface area contributed by atoms with E-state index in [0.717, 1.165) is 6.08 Å². The molecule has 25 heavy (non-hydrogen) atoms. The van der Waals surface area contributed by atoms with Crippen LogP contribution in [0.1, 0.15) is 25.0 Å². The zero-order valence-corrected chi connectivity index (χ0v) is 17.0. The van der Waals surface area contributed by atoms with Crippen LogP contribution in [-0.4, -0.2) is 35.3 Å². The number of hydrogen-bond acceptors (Lipinski definition) is 5. The van der Waals surface area contributed by atoms with Crippen LogP contribution >= 0.6 is 0 Å². The van der Waals surface area contributed by atoms with Crippen LogP contribution in [0.4, 0.5) is 0 Å². The summed E-state index contributed by atoms with van der Waals surface area (Å²) in [6, 6.07) is 6.39. The second-order valence-electron chi connectivity index (χ2n) is 5.37. The molecule has 1 aromatic rings. The number of nitrogens with one attached hydrogen (secondary N) is 1. The molecule has 0 fully saturated rings. The van der Waals surface area contributed by atoms with Crippen LogP contribution in [0.5, 0.6) is 0 Å². The van der Waals surface area contributed by atoms with Crippen LogP contribution in [0.2, 0.25) is 0 Å². The van der Waals surface area contributed by atoms with Gasteiger partial charge in [-0.2, -0.15) is 0 Å². The first-order valence-corrected chi connectivity index (χ1v) is 8.46. The molecule has 7 nitrogen and oxygen atoms in total. The first kappa shape index (κ1) is 23.5. The standard InChI is InChI=1S/C16H19NO6S.Na/c1-10(2)16(24(21,22)23)17-15(20)11(3)13-7-5-4-6-12(13)8-9-14(18)19;/h4-10,16H,3H2,1-2H3,(H,17,20)(H,18,19)(H,21,22,23);/q;+1/p-1. The van der Waals surface area contributed by atoms with Crippen molar-refractivity contribution in [2.75, 3.05) is 0 Å². The number of carboxylic acid groups (broad SMARTS) is 1. The van der Waals surface area contributed by atoms with Crippen LogP contribution in [0.25, 0.3) is 11.6 Å². The van der Waals surface area contributed by atoms with E-state index in [-0.39, 0.29) is 35.1 Å². The molecule has 0 aliphatic rings. The smallest absolute Gasteiger partial charge is 0.746 e. The summed E-state index contributed by atoms with van der Waals surface area (Å²) in [6.07, 6.45) is 2.20. The summed E-state index contributed by atoms with van der Waals surface area (Å²) in [5.41, 5.74) is 0.680. The molecular formula is C16H18NNaO6S. The van der Waals surface area contributed by atoms with E-state index in [1.807, 2.05) is 0 Å². The quantitative estimate of drug-likeness (QED) is 0.338. The molecule has 0 aliphatic heterocycles. The van der Waals surface area contributed by atoms with Gasteiger partial charge in [-0.15, -0.1) is 0 Å². The van der Waals surface area contributed by atoms with Crippen molar-refractivity contribution >= 4 is 33.6 Å². The van der Waals surface area contributed by atoms with Gasteiger partial charge in [0.1, 0.15) is 15.5 Å². The Balaban J connectivity index is 0.00000576. The Morgan fingerprint density at radius 3 is 2.32 bits per heavy atom. The summed E-state index contributed by atoms with van der Waals surface area (Å²) in [7, 11) is -4.72. The predicted octanol–water partition coefficient (Wildman–Crippen LogP) is -1.55. The topological polar surface area (TPSA) is 124 Å². The molecule has 0 saturated carbocycles. The Kier molecular flexibility index (Phi) is 9.31. The zero-order chi connectivity index (χ0) is 18.5. The van der Waals surface area contributed by atoms with Gasteiger partial charge in [0, 0.05) is 11.6 Å². The Hall–Kier alpha value is -1.45. The van der Waals surface area contributed by atoms with E-state index >= 15 is 0 Å². The van der Waals surface area contributed by atoms with Crippen LogP contribution in [-0.2, 0) is 19.7 Å². The van der Waals surface area contributed by atoms with E-state index in [1.54, 1.807) is 24.3 Å². The van der Waals surface area contributed by atoms with Gasteiger partial charge >= 0.3 is 35.5 Å². The summed E-state index contributed by atoms with van der Waals surface area (Å²) < 4.78 is 33.7. The molecule has 0 radical (unpaired) electrons. The molecule has 130 valence electrons. The molecule has 1 rings (SSSR count). The second kappa shape index (κ2) is 9.88. The number of benzene rings is 1. The van der Waals surface area contributed by atoms with Gasteiger partial charge in [0.2, 0.25) is 0 Å². The van der Waals surface area contributed by atoms with Crippen molar-refractivity contribution in [3.05, 3.63) is 48.0 Å². The van der Waals surface area contributed by atoms with Gasteiger partial charge in [-0.05, 0) is 23.1 Å². The van der Waals surface area contributed by atoms with Gasteiger partial charge in [-0.3, -0.25) is 4.79 Å². The largest absolute Gasteiger partial charge is 1.00 e. The molecule has 0 spiro atoms. The zero-order valence-electron chi connectivity index (χ0n) is 14.2. The number of carbonyl (C=O) groups is 2. The average molecular weight is 375 g/mol. The first-order chi connectivity index (χ1) is 11.0. The SMILES string of the molecule is C=C(C(=O)NC(C(C)C)S(=O)(=O)[O-])c1ccccc1C=CC(=O)O.[Na+]. The van der Waals surface area contributed by atoms with E-state index in [1.165, 1.54) is 19.9 Å². The molecule has 2 N–H and O–H groups in total. The molecule has 1 unspecified atom stereocenters. The third-order valence-electron chi connectivity index (χ3n) is 3.16. The van der Waals surface area contributed by atoms with Crippen molar-refractivity contribution in [1.29, 1.82) is 0 Å². The first-order valence-electron chi connectivity index (χ1n) is 6.99. The molecule has 9 heteroatoms. The number of carbonyl (C=O) groups excluding carboxylic acids is 1. The summed E-state index contributed by atoms with van der Waals surface area (Å²) in [6.45, 7) is 6.60. The number of hydrogen-bond donors (Lipinski definition) is 2. The Bertz CT molecular complexity index is 786. The van der Waals surface area contributed by atoms with Crippen LogP contribution < -0.4 is 34.9 Å². The monoisotopic (exact) mass is 375 g/mol. The van der Waals surface area contributed by atoms with E-state index in [9.17, 15) is 22.6 Å². The number of carboxylic acids is 1. The summed E-state index contributed by atoms with van der Waals surface area (Å²) in [4.78, 5) is 22.9. The van der Waals surface area contributed by atoms with Gasteiger partial charge in [0.05, 0.1) is 0 Å². The van der Waals surface area contributed by atoms with Crippen molar-refractivity contribution in [2.24, 2.45) is 5.92 Å². The average Bonchev–Trinajstić information content (AvgIpc) is 2.48. The minimum absolute atomic E-state index is 0. The Labute approximate surface area is 168 Å². The fourth-order valence-corrected chi connectivity index (χ4v) is 2.91. The van der Waals surface area contributed by atoms with Gasteiger partial charge in [-0.1, -0.05) is 44.7 Å². The maximum atomic E-state index is 12.2. The molecular weight excluding hydrogens is 357 g/mol. The Morgan fingerprint density at radius 1 is 1.28 bits per heavy atom. The summed E-state index contributed by atoms with van der Waals surface area (Å²) in [5.74, 6) is -2.59. The van der Waals surface area contributed by atoms with Crippen molar-refractivity contribution in [3.63, 3.8) is 0 Å². The second-order valence-corrected chi connectivity index (χ2v) is 6.86. The van der Waals surface area contributed by atoms with Gasteiger partial charge < -0.3 is 15.0 Å². The maximum absolute atomic E-state index is 12.2. The molecule has 0 saturated heterocycles. The van der Waals surface area contributed by atoms with Crippen LogP contribution in [0.15, 0.2) is 36.9 Å². The van der Waals surface area contributed by atoms with Crippen molar-refractivity contribution in [1.82, 2.24) is 5.32 Å². The third kappa shape index (κ3) is 7.13. The van der Waals surface area contributed by atoms with E-state index in [2.05, 4.69) is 11.9 Å². The number of amides is 1. The van der Waals surface area contributed by atoms with Gasteiger partial charge in [-0.25, -0.2) is 13.2 Å². The van der Waals surface area contributed by atoms with E-state index in [4.69, 9.17) is 5.11 Å². The van der Waals surface area contributed by atoms with Crippen LogP contribution in [0, 0.1) is 5.92 Å². The molecule has 1 aromatic carbocycles. The van der Waals surface area contributed by atoms with Crippen LogP contribution in [0.3, 0.4) is 0 Å². The molecule has 0 aliphatic carbocycles.